The van der Waals surface area contributed by atoms with Crippen molar-refractivity contribution in [1.29, 1.82) is 0 Å². The van der Waals surface area contributed by atoms with Crippen molar-refractivity contribution in [1.82, 2.24) is 0 Å². The van der Waals surface area contributed by atoms with Crippen LogP contribution in [0.5, 0.6) is 0 Å². The number of nitrogens with zero attached hydrogens (tertiary/aromatic N) is 1. The van der Waals surface area contributed by atoms with Gasteiger partial charge in [-0.3, -0.25) is 9.59 Å². The standard InChI is InChI=1S/C20H36ClNO5Si/c1-8-25-18(23)15(19(24)26-9-2)12-14-10-11-16(21)17(13-14)22-27-28(6,7)20(3,4)5/h14-16H,8-13H2,1-7H3/b22-17+. The van der Waals surface area contributed by atoms with Crippen LogP contribution in [-0.2, 0) is 23.6 Å². The molecule has 6 nitrogen and oxygen atoms in total. The Balaban J connectivity index is 2.87. The number of carbonyl (C=O) groups excluding carboxylic acids is 2. The molecular formula is C20H36ClNO5Si. The van der Waals surface area contributed by atoms with E-state index in [0.717, 1.165) is 18.6 Å². The van der Waals surface area contributed by atoms with Crippen LogP contribution in [0.4, 0.5) is 0 Å². The predicted octanol–water partition coefficient (Wildman–Crippen LogP) is 4.90. The van der Waals surface area contributed by atoms with E-state index in [1.165, 1.54) is 0 Å². The second-order valence-electron chi connectivity index (χ2n) is 8.84. The first kappa shape index (κ1) is 25.0. The highest BCUT2D eigenvalue weighted by Crippen LogP contribution is 2.37. The maximum atomic E-state index is 12.2. The summed E-state index contributed by atoms with van der Waals surface area (Å²) in [6.45, 7) is 14.7. The van der Waals surface area contributed by atoms with Gasteiger partial charge in [0.1, 0.15) is 0 Å². The molecule has 0 N–H and O–H groups in total. The third kappa shape index (κ3) is 7.06. The van der Waals surface area contributed by atoms with E-state index in [4.69, 9.17) is 25.6 Å². The molecule has 1 aliphatic rings. The SMILES string of the molecule is CCOC(=O)C(CC1CCC(Cl)/C(=N/O[Si](C)(C)C(C)(C)C)C1)C(=O)OCC. The molecule has 0 heterocycles. The van der Waals surface area contributed by atoms with Crippen molar-refractivity contribution < 1.29 is 23.6 Å². The van der Waals surface area contributed by atoms with Crippen LogP contribution in [0.2, 0.25) is 18.1 Å². The second kappa shape index (κ2) is 10.6. The number of esters is 2. The first-order valence-electron chi connectivity index (χ1n) is 10.1. The molecule has 0 aliphatic heterocycles. The smallest absolute Gasteiger partial charge is 0.320 e. The fraction of sp³-hybridized carbons (Fsp3) is 0.850. The molecule has 0 aromatic heterocycles. The van der Waals surface area contributed by atoms with E-state index >= 15 is 0 Å². The Hall–Kier alpha value is -1.08. The molecule has 0 saturated heterocycles. The van der Waals surface area contributed by atoms with Crippen LogP contribution in [-0.4, -0.2) is 44.6 Å². The highest BCUT2D eigenvalue weighted by Gasteiger charge is 2.41. The third-order valence-corrected chi connectivity index (χ3v) is 10.2. The van der Waals surface area contributed by atoms with Crippen molar-refractivity contribution in [3.8, 4) is 0 Å². The molecule has 2 atom stereocenters. The van der Waals surface area contributed by atoms with Crippen molar-refractivity contribution in [3.63, 3.8) is 0 Å². The van der Waals surface area contributed by atoms with Gasteiger partial charge in [0.05, 0.1) is 24.3 Å². The molecular weight excluding hydrogens is 398 g/mol. The molecule has 0 amide bonds. The molecule has 28 heavy (non-hydrogen) atoms. The lowest BCUT2D eigenvalue weighted by molar-refractivity contribution is -0.162. The number of hydrogen-bond donors (Lipinski definition) is 0. The van der Waals surface area contributed by atoms with Gasteiger partial charge in [0, 0.05) is 0 Å². The minimum Gasteiger partial charge on any atom is -0.465 e. The summed E-state index contributed by atoms with van der Waals surface area (Å²) in [5.41, 5.74) is 0.800. The lowest BCUT2D eigenvalue weighted by atomic mass is 9.81. The van der Waals surface area contributed by atoms with Crippen LogP contribution in [0.1, 0.15) is 60.3 Å². The molecule has 1 saturated carbocycles. The lowest BCUT2D eigenvalue weighted by Gasteiger charge is -2.34. The summed E-state index contributed by atoms with van der Waals surface area (Å²) >= 11 is 6.47. The highest BCUT2D eigenvalue weighted by molar-refractivity contribution is 6.74. The van der Waals surface area contributed by atoms with E-state index in [1.54, 1.807) is 13.8 Å². The van der Waals surface area contributed by atoms with Gasteiger partial charge in [0.15, 0.2) is 5.92 Å². The summed E-state index contributed by atoms with van der Waals surface area (Å²) in [7, 11) is -2.02. The van der Waals surface area contributed by atoms with E-state index < -0.39 is 26.2 Å². The Morgan fingerprint density at radius 2 is 1.68 bits per heavy atom. The molecule has 1 fully saturated rings. The molecule has 0 aromatic rings. The second-order valence-corrected chi connectivity index (χ2v) is 14.1. The van der Waals surface area contributed by atoms with Crippen LogP contribution in [0.25, 0.3) is 0 Å². The van der Waals surface area contributed by atoms with Gasteiger partial charge in [-0.25, -0.2) is 0 Å². The third-order valence-electron chi connectivity index (χ3n) is 5.60. The molecule has 162 valence electrons. The van der Waals surface area contributed by atoms with E-state index in [2.05, 4.69) is 39.0 Å². The fourth-order valence-electron chi connectivity index (χ4n) is 2.79. The van der Waals surface area contributed by atoms with Gasteiger partial charge in [-0.15, -0.1) is 16.8 Å². The van der Waals surface area contributed by atoms with Crippen molar-refractivity contribution in [2.45, 2.75) is 83.8 Å². The minimum atomic E-state index is -2.02. The number of halogens is 1. The zero-order valence-corrected chi connectivity index (χ0v) is 20.1. The van der Waals surface area contributed by atoms with Crippen molar-refractivity contribution in [2.75, 3.05) is 13.2 Å². The molecule has 0 spiro atoms. The number of ether oxygens (including phenoxy) is 2. The van der Waals surface area contributed by atoms with Gasteiger partial charge in [-0.2, -0.15) is 0 Å². The Morgan fingerprint density at radius 1 is 1.14 bits per heavy atom. The molecule has 0 aromatic carbocycles. The Bertz CT molecular complexity index is 555. The maximum Gasteiger partial charge on any atom is 0.320 e. The topological polar surface area (TPSA) is 74.2 Å². The van der Waals surface area contributed by atoms with E-state index in [1.807, 2.05) is 0 Å². The molecule has 0 radical (unpaired) electrons. The summed E-state index contributed by atoms with van der Waals surface area (Å²) in [6.07, 6.45) is 2.55. The summed E-state index contributed by atoms with van der Waals surface area (Å²) in [6, 6.07) is 0. The van der Waals surface area contributed by atoms with Gasteiger partial charge in [0.2, 0.25) is 0 Å². The summed E-state index contributed by atoms with van der Waals surface area (Å²) in [5, 5.41) is 4.31. The van der Waals surface area contributed by atoms with Gasteiger partial charge in [-0.05, 0) is 63.6 Å². The maximum absolute atomic E-state index is 12.2. The van der Waals surface area contributed by atoms with Crippen LogP contribution >= 0.6 is 11.6 Å². The molecule has 8 heteroatoms. The summed E-state index contributed by atoms with van der Waals surface area (Å²) < 4.78 is 16.1. The van der Waals surface area contributed by atoms with E-state index in [-0.39, 0.29) is 29.5 Å². The number of oxime groups is 1. The Labute approximate surface area is 175 Å². The Kier molecular flexibility index (Phi) is 9.47. The van der Waals surface area contributed by atoms with Gasteiger partial charge in [0.25, 0.3) is 8.32 Å². The lowest BCUT2D eigenvalue weighted by Crippen LogP contribution is -2.40. The average molecular weight is 434 g/mol. The first-order valence-corrected chi connectivity index (χ1v) is 13.5. The summed E-state index contributed by atoms with van der Waals surface area (Å²) in [5.74, 6) is -1.84. The molecule has 0 bridgehead atoms. The number of rotatable bonds is 8. The largest absolute Gasteiger partial charge is 0.465 e. The predicted molar refractivity (Wildman–Crippen MR) is 114 cm³/mol. The average Bonchev–Trinajstić information content (AvgIpc) is 2.59. The van der Waals surface area contributed by atoms with Crippen molar-refractivity contribution in [2.24, 2.45) is 17.0 Å². The van der Waals surface area contributed by atoms with Crippen LogP contribution in [0.3, 0.4) is 0 Å². The highest BCUT2D eigenvalue weighted by atomic mass is 35.5. The quantitative estimate of drug-likeness (QED) is 0.179. The minimum absolute atomic E-state index is 0.0475. The molecule has 2 unspecified atom stereocenters. The van der Waals surface area contributed by atoms with Crippen molar-refractivity contribution in [3.05, 3.63) is 0 Å². The summed E-state index contributed by atoms with van der Waals surface area (Å²) in [4.78, 5) is 24.5. The van der Waals surface area contributed by atoms with Crippen molar-refractivity contribution >= 4 is 37.6 Å². The number of alkyl halides is 1. The monoisotopic (exact) mass is 433 g/mol. The normalized spacial score (nSPS) is 22.2. The first-order chi connectivity index (χ1) is 12.9. The number of carbonyl (C=O) groups is 2. The molecule has 1 rings (SSSR count). The van der Waals surface area contributed by atoms with Crippen LogP contribution in [0, 0.1) is 11.8 Å². The zero-order valence-electron chi connectivity index (χ0n) is 18.3. The zero-order chi connectivity index (χ0) is 21.5. The molecule has 1 aliphatic carbocycles. The number of hydrogen-bond acceptors (Lipinski definition) is 6. The van der Waals surface area contributed by atoms with Crippen LogP contribution < -0.4 is 0 Å². The van der Waals surface area contributed by atoms with E-state index in [0.29, 0.717) is 12.8 Å². The van der Waals surface area contributed by atoms with Gasteiger partial charge in [-0.1, -0.05) is 20.8 Å². The van der Waals surface area contributed by atoms with Gasteiger partial charge >= 0.3 is 11.9 Å². The Morgan fingerprint density at radius 3 is 2.14 bits per heavy atom. The van der Waals surface area contributed by atoms with Gasteiger partial charge < -0.3 is 14.0 Å². The van der Waals surface area contributed by atoms with E-state index in [9.17, 15) is 9.59 Å². The van der Waals surface area contributed by atoms with Crippen LogP contribution in [0.15, 0.2) is 5.16 Å². The fourth-order valence-corrected chi connectivity index (χ4v) is 3.66.